The Bertz CT molecular complexity index is 190. The van der Waals surface area contributed by atoms with Gasteiger partial charge in [-0.2, -0.15) is 5.26 Å². The number of rotatable bonds is 5. The predicted molar refractivity (Wildman–Crippen MR) is 52.3 cm³/mol. The molecule has 0 aliphatic heterocycles. The van der Waals surface area contributed by atoms with Gasteiger partial charge < -0.3 is 9.99 Å². The molecule has 1 unspecified atom stereocenters. The highest BCUT2D eigenvalue weighted by Gasteiger charge is 2.00. The van der Waals surface area contributed by atoms with E-state index in [0.29, 0.717) is 0 Å². The SMILES string of the molecule is CC(C)=CCCC(C)/C=C(\O)OO. The average Bonchev–Trinajstić information content (AvgIpc) is 2.03. The normalized spacial score (nSPS) is 13.7. The minimum absolute atomic E-state index is 0.197. The molecule has 76 valence electrons. The molecule has 2 N–H and O–H groups in total. The van der Waals surface area contributed by atoms with Crippen LogP contribution >= 0.6 is 0 Å². The molecule has 0 aromatic rings. The van der Waals surface area contributed by atoms with E-state index in [2.05, 4.69) is 24.8 Å². The molecule has 0 fully saturated rings. The molecule has 0 heterocycles. The van der Waals surface area contributed by atoms with Gasteiger partial charge in [0.1, 0.15) is 0 Å². The van der Waals surface area contributed by atoms with Crippen LogP contribution in [0.1, 0.15) is 33.6 Å². The van der Waals surface area contributed by atoms with Gasteiger partial charge >= 0.3 is 5.95 Å². The summed E-state index contributed by atoms with van der Waals surface area (Å²) in [7, 11) is 0. The summed E-state index contributed by atoms with van der Waals surface area (Å²) >= 11 is 0. The van der Waals surface area contributed by atoms with Crippen LogP contribution in [0.15, 0.2) is 23.7 Å². The molecule has 0 aromatic heterocycles. The van der Waals surface area contributed by atoms with Crippen LogP contribution in [0, 0.1) is 5.92 Å². The van der Waals surface area contributed by atoms with Crippen molar-refractivity contribution in [1.82, 2.24) is 0 Å². The van der Waals surface area contributed by atoms with Crippen molar-refractivity contribution < 1.29 is 15.3 Å². The second-order valence-electron chi connectivity index (χ2n) is 3.43. The van der Waals surface area contributed by atoms with Crippen LogP contribution in [0.4, 0.5) is 0 Å². The van der Waals surface area contributed by atoms with E-state index < -0.39 is 5.95 Å². The lowest BCUT2D eigenvalue weighted by Gasteiger charge is -2.03. The van der Waals surface area contributed by atoms with E-state index >= 15 is 0 Å². The fourth-order valence-corrected chi connectivity index (χ4v) is 0.992. The zero-order chi connectivity index (χ0) is 10.3. The number of aliphatic hydroxyl groups excluding tert-OH is 1. The molecule has 1 atom stereocenters. The van der Waals surface area contributed by atoms with E-state index in [-0.39, 0.29) is 5.92 Å². The molecule has 3 nitrogen and oxygen atoms in total. The van der Waals surface area contributed by atoms with Gasteiger partial charge in [0.25, 0.3) is 0 Å². The first-order chi connectivity index (χ1) is 6.06. The van der Waals surface area contributed by atoms with E-state index in [1.807, 2.05) is 6.92 Å². The van der Waals surface area contributed by atoms with E-state index in [9.17, 15) is 0 Å². The van der Waals surface area contributed by atoms with Crippen LogP contribution in [0.2, 0.25) is 0 Å². The Labute approximate surface area is 79.3 Å². The lowest BCUT2D eigenvalue weighted by molar-refractivity contribution is -0.236. The summed E-state index contributed by atoms with van der Waals surface area (Å²) in [5.41, 5.74) is 1.29. The van der Waals surface area contributed by atoms with Crippen molar-refractivity contribution >= 4 is 0 Å². The van der Waals surface area contributed by atoms with Crippen LogP contribution in [0.5, 0.6) is 0 Å². The van der Waals surface area contributed by atoms with Crippen molar-refractivity contribution in [2.75, 3.05) is 0 Å². The summed E-state index contributed by atoms with van der Waals surface area (Å²) in [5, 5.41) is 16.9. The third-order valence-corrected chi connectivity index (χ3v) is 1.70. The second kappa shape index (κ2) is 6.54. The van der Waals surface area contributed by atoms with Gasteiger partial charge in [0.2, 0.25) is 0 Å². The summed E-state index contributed by atoms with van der Waals surface area (Å²) in [4.78, 5) is 3.65. The Morgan fingerprint density at radius 2 is 2.08 bits per heavy atom. The Hall–Kier alpha value is -0.960. The molecule has 3 heteroatoms. The minimum Gasteiger partial charge on any atom is -0.479 e. The average molecular weight is 186 g/mol. The van der Waals surface area contributed by atoms with Gasteiger partial charge in [-0.25, -0.2) is 0 Å². The van der Waals surface area contributed by atoms with Gasteiger partial charge in [-0.05, 0) is 32.6 Å². The highest BCUT2D eigenvalue weighted by Crippen LogP contribution is 2.10. The number of hydrogen-bond donors (Lipinski definition) is 2. The largest absolute Gasteiger partial charge is 0.479 e. The maximum Gasteiger partial charge on any atom is 0.310 e. The van der Waals surface area contributed by atoms with Crippen molar-refractivity contribution in [2.45, 2.75) is 33.6 Å². The van der Waals surface area contributed by atoms with Crippen molar-refractivity contribution in [3.63, 3.8) is 0 Å². The van der Waals surface area contributed by atoms with Gasteiger partial charge in [-0.1, -0.05) is 18.6 Å². The maximum atomic E-state index is 8.81. The Kier molecular flexibility index (Phi) is 6.06. The molecule has 0 saturated carbocycles. The zero-order valence-corrected chi connectivity index (χ0v) is 8.45. The topological polar surface area (TPSA) is 49.7 Å². The first-order valence-corrected chi connectivity index (χ1v) is 4.41. The van der Waals surface area contributed by atoms with Crippen LogP contribution in [0.3, 0.4) is 0 Å². The zero-order valence-electron chi connectivity index (χ0n) is 8.45. The molecule has 0 spiro atoms. The monoisotopic (exact) mass is 186 g/mol. The molecule has 0 aromatic carbocycles. The fourth-order valence-electron chi connectivity index (χ4n) is 0.992. The van der Waals surface area contributed by atoms with E-state index in [4.69, 9.17) is 10.4 Å². The van der Waals surface area contributed by atoms with Crippen molar-refractivity contribution in [2.24, 2.45) is 5.92 Å². The van der Waals surface area contributed by atoms with Crippen LogP contribution in [-0.2, 0) is 4.89 Å². The smallest absolute Gasteiger partial charge is 0.310 e. The molecule has 13 heavy (non-hydrogen) atoms. The molecule has 0 aliphatic carbocycles. The Morgan fingerprint density at radius 1 is 1.46 bits per heavy atom. The third-order valence-electron chi connectivity index (χ3n) is 1.70. The first-order valence-electron chi connectivity index (χ1n) is 4.41. The first kappa shape index (κ1) is 12.0. The van der Waals surface area contributed by atoms with Gasteiger partial charge in [-0.3, -0.25) is 0 Å². The van der Waals surface area contributed by atoms with Gasteiger partial charge in [0.05, 0.1) is 0 Å². The van der Waals surface area contributed by atoms with Gasteiger partial charge in [0.15, 0.2) is 0 Å². The summed E-state index contributed by atoms with van der Waals surface area (Å²) in [6.07, 6.45) is 5.53. The van der Waals surface area contributed by atoms with Crippen molar-refractivity contribution in [1.29, 1.82) is 0 Å². The van der Waals surface area contributed by atoms with Gasteiger partial charge in [0, 0.05) is 6.08 Å². The lowest BCUT2D eigenvalue weighted by Crippen LogP contribution is -1.93. The number of aliphatic hydroxyl groups is 1. The second-order valence-corrected chi connectivity index (χ2v) is 3.43. The van der Waals surface area contributed by atoms with Gasteiger partial charge in [-0.15, -0.1) is 0 Å². The summed E-state index contributed by atoms with van der Waals surface area (Å²) in [6.45, 7) is 6.05. The molecule has 0 rings (SSSR count). The maximum absolute atomic E-state index is 8.81. The molecule has 0 radical (unpaired) electrons. The fraction of sp³-hybridized carbons (Fsp3) is 0.600. The van der Waals surface area contributed by atoms with Crippen LogP contribution < -0.4 is 0 Å². The predicted octanol–water partition coefficient (Wildman–Crippen LogP) is 3.26. The van der Waals surface area contributed by atoms with Crippen molar-refractivity contribution in [3.8, 4) is 0 Å². The number of allylic oxidation sites excluding steroid dienone is 3. The van der Waals surface area contributed by atoms with E-state index in [1.165, 1.54) is 11.6 Å². The highest BCUT2D eigenvalue weighted by molar-refractivity contribution is 4.94. The number of hydrogen-bond acceptors (Lipinski definition) is 3. The highest BCUT2D eigenvalue weighted by atomic mass is 17.1. The standard InChI is InChI=1S/C10H18O3/c1-8(2)5-4-6-9(3)7-10(11)13-12/h5,7,9,11-12H,4,6H2,1-3H3/b10-7+. The molecular weight excluding hydrogens is 168 g/mol. The minimum atomic E-state index is -0.426. The van der Waals surface area contributed by atoms with Crippen LogP contribution in [-0.4, -0.2) is 10.4 Å². The Balaban J connectivity index is 3.75. The lowest BCUT2D eigenvalue weighted by atomic mass is 10.0. The summed E-state index contributed by atoms with van der Waals surface area (Å²) < 4.78 is 0. The van der Waals surface area contributed by atoms with Crippen molar-refractivity contribution in [3.05, 3.63) is 23.7 Å². The quantitative estimate of drug-likeness (QED) is 0.300. The van der Waals surface area contributed by atoms with E-state index in [1.54, 1.807) is 0 Å². The summed E-state index contributed by atoms with van der Waals surface area (Å²) in [5.74, 6) is -0.229. The molecule has 0 aliphatic rings. The van der Waals surface area contributed by atoms with Crippen LogP contribution in [0.25, 0.3) is 0 Å². The summed E-state index contributed by atoms with van der Waals surface area (Å²) in [6, 6.07) is 0. The van der Waals surface area contributed by atoms with E-state index in [0.717, 1.165) is 12.8 Å². The molecule has 0 bridgehead atoms. The molecule has 0 saturated heterocycles. The third kappa shape index (κ3) is 7.40. The Morgan fingerprint density at radius 3 is 2.54 bits per heavy atom. The molecule has 0 amide bonds. The molecular formula is C10H18O3.